The average molecular weight is 524 g/mol. The Balaban J connectivity index is 1.46. The number of fused-ring (bicyclic) bond motifs is 1. The van der Waals surface area contributed by atoms with Gasteiger partial charge in [-0.1, -0.05) is 58.0 Å². The van der Waals surface area contributed by atoms with E-state index >= 15 is 0 Å². The fourth-order valence-electron chi connectivity index (χ4n) is 4.46. The minimum absolute atomic E-state index is 0.00208. The Hall–Kier alpha value is -2.61. The van der Waals surface area contributed by atoms with Gasteiger partial charge in [0, 0.05) is 33.1 Å². The summed E-state index contributed by atoms with van der Waals surface area (Å²) in [6.45, 7) is 4.22. The Labute approximate surface area is 205 Å². The van der Waals surface area contributed by atoms with Crippen LogP contribution in [0.4, 0.5) is 15.8 Å². The van der Waals surface area contributed by atoms with E-state index in [0.29, 0.717) is 12.2 Å². The molecule has 2 aliphatic rings. The summed E-state index contributed by atoms with van der Waals surface area (Å²) in [4.78, 5) is 5.05. The van der Waals surface area contributed by atoms with Gasteiger partial charge in [0.1, 0.15) is 11.4 Å². The molecule has 0 spiro atoms. The smallest absolute Gasteiger partial charge is 0.162 e. The summed E-state index contributed by atoms with van der Waals surface area (Å²) in [5.74, 6) is 0.472. The first-order valence-electron chi connectivity index (χ1n) is 10.6. The number of anilines is 2. The fraction of sp³-hybridized carbons (Fsp3) is 0.192. The molecule has 0 saturated carbocycles. The lowest BCUT2D eigenvalue weighted by Gasteiger charge is -2.36. The number of halogens is 2. The highest BCUT2D eigenvalue weighted by Gasteiger charge is 2.53. The van der Waals surface area contributed by atoms with Gasteiger partial charge in [-0.15, -0.1) is 6.58 Å². The standard InChI is InChI=1S/C26H23BrFN3OS/c1-2-24-22-14-33-25(31-26(22,15-32-24)21-13-18(27)7-12-23(21)28)30-20-10-5-17(6-11-20)16-3-8-19(29)9-4-16/h2-13,22,24H,1,14-15,29H2,(H,30,31)/t22-,24+,26-/m1/s1. The maximum absolute atomic E-state index is 15.0. The number of nitrogen functional groups attached to an aromatic ring is 1. The minimum Gasteiger partial charge on any atom is -0.399 e. The van der Waals surface area contributed by atoms with Crippen molar-refractivity contribution in [3.63, 3.8) is 0 Å². The number of nitrogens with two attached hydrogens (primary N) is 1. The van der Waals surface area contributed by atoms with Gasteiger partial charge in [0.05, 0.1) is 12.7 Å². The van der Waals surface area contributed by atoms with Crippen molar-refractivity contribution in [2.45, 2.75) is 11.6 Å². The lowest BCUT2D eigenvalue weighted by molar-refractivity contribution is 0.128. The fourth-order valence-corrected chi connectivity index (χ4v) is 6.04. The van der Waals surface area contributed by atoms with E-state index in [1.54, 1.807) is 23.9 Å². The van der Waals surface area contributed by atoms with E-state index < -0.39 is 5.54 Å². The summed E-state index contributed by atoms with van der Waals surface area (Å²) < 4.78 is 21.8. The van der Waals surface area contributed by atoms with Crippen LogP contribution in [-0.2, 0) is 10.3 Å². The number of ether oxygens (including phenoxy) is 1. The van der Waals surface area contributed by atoms with Crippen LogP contribution in [0, 0.1) is 11.7 Å². The summed E-state index contributed by atoms with van der Waals surface area (Å²) in [6.07, 6.45) is 1.63. The van der Waals surface area contributed by atoms with Gasteiger partial charge >= 0.3 is 0 Å². The van der Waals surface area contributed by atoms with Gasteiger partial charge in [0.25, 0.3) is 0 Å². The molecular formula is C26H23BrFN3OS. The SMILES string of the molecule is C=C[C@@H]1OC[C@]2(c3cc(Br)ccc3F)N=C(Nc3ccc(-c4ccc(N)cc4)cc3)SC[C@H]12. The Morgan fingerprint density at radius 1 is 1.12 bits per heavy atom. The van der Waals surface area contributed by atoms with Crippen LogP contribution in [0.5, 0.6) is 0 Å². The number of nitrogens with one attached hydrogen (secondary N) is 1. The van der Waals surface area contributed by atoms with Gasteiger partial charge in [-0.3, -0.25) is 0 Å². The maximum Gasteiger partial charge on any atom is 0.162 e. The minimum atomic E-state index is -0.801. The maximum atomic E-state index is 15.0. The molecule has 7 heteroatoms. The van der Waals surface area contributed by atoms with E-state index in [2.05, 4.69) is 40.0 Å². The number of aliphatic imine (C=N–C) groups is 1. The third kappa shape index (κ3) is 4.21. The van der Waals surface area contributed by atoms with Gasteiger partial charge in [0.15, 0.2) is 5.17 Å². The molecule has 3 aromatic carbocycles. The summed E-state index contributed by atoms with van der Waals surface area (Å²) >= 11 is 5.11. The molecular weight excluding hydrogens is 501 g/mol. The molecule has 0 amide bonds. The van der Waals surface area contributed by atoms with Crippen LogP contribution in [0.3, 0.4) is 0 Å². The van der Waals surface area contributed by atoms with Crippen molar-refractivity contribution in [2.24, 2.45) is 10.9 Å². The van der Waals surface area contributed by atoms with Gasteiger partial charge in [0.2, 0.25) is 0 Å². The molecule has 1 fully saturated rings. The van der Waals surface area contributed by atoms with Crippen molar-refractivity contribution >= 4 is 44.2 Å². The van der Waals surface area contributed by atoms with Gasteiger partial charge in [-0.25, -0.2) is 9.38 Å². The average Bonchev–Trinajstić information content (AvgIpc) is 3.20. The van der Waals surface area contributed by atoms with E-state index in [1.165, 1.54) is 6.07 Å². The van der Waals surface area contributed by atoms with Crippen molar-refractivity contribution in [1.82, 2.24) is 0 Å². The number of nitrogens with zero attached hydrogens (tertiary/aromatic N) is 1. The highest BCUT2D eigenvalue weighted by Crippen LogP contribution is 2.49. The quantitative estimate of drug-likeness (QED) is 0.304. The van der Waals surface area contributed by atoms with Crippen LogP contribution in [-0.4, -0.2) is 23.6 Å². The van der Waals surface area contributed by atoms with Gasteiger partial charge in [-0.2, -0.15) is 0 Å². The van der Waals surface area contributed by atoms with Crippen LogP contribution >= 0.6 is 27.7 Å². The Bertz CT molecular complexity index is 1220. The first kappa shape index (κ1) is 22.2. The molecule has 2 heterocycles. The monoisotopic (exact) mass is 523 g/mol. The molecule has 2 aliphatic heterocycles. The summed E-state index contributed by atoms with van der Waals surface area (Å²) in [6, 6.07) is 20.9. The lowest BCUT2D eigenvalue weighted by Crippen LogP contribution is -2.41. The molecule has 3 atom stereocenters. The number of thioether (sulfide) groups is 1. The Morgan fingerprint density at radius 3 is 2.52 bits per heavy atom. The second-order valence-electron chi connectivity index (χ2n) is 8.22. The Kier molecular flexibility index (Phi) is 6.03. The van der Waals surface area contributed by atoms with Crippen LogP contribution in [0.1, 0.15) is 5.56 Å². The first-order valence-corrected chi connectivity index (χ1v) is 12.4. The predicted octanol–water partition coefficient (Wildman–Crippen LogP) is 6.45. The molecule has 5 rings (SSSR count). The van der Waals surface area contributed by atoms with Crippen LogP contribution in [0.15, 0.2) is 88.9 Å². The molecule has 0 aliphatic carbocycles. The normalized spacial score (nSPS) is 24.1. The van der Waals surface area contributed by atoms with E-state index in [0.717, 1.165) is 37.9 Å². The number of amidine groups is 1. The molecule has 1 saturated heterocycles. The highest BCUT2D eigenvalue weighted by atomic mass is 79.9. The topological polar surface area (TPSA) is 59.6 Å². The van der Waals surface area contributed by atoms with Crippen molar-refractivity contribution in [2.75, 3.05) is 23.4 Å². The first-order chi connectivity index (χ1) is 16.0. The molecule has 33 heavy (non-hydrogen) atoms. The molecule has 0 bridgehead atoms. The zero-order chi connectivity index (χ0) is 23.0. The summed E-state index contributed by atoms with van der Waals surface area (Å²) in [5.41, 5.74) is 9.40. The number of benzene rings is 3. The van der Waals surface area contributed by atoms with E-state index in [1.807, 2.05) is 42.5 Å². The largest absolute Gasteiger partial charge is 0.399 e. The number of hydrogen-bond acceptors (Lipinski definition) is 5. The molecule has 0 aromatic heterocycles. The van der Waals surface area contributed by atoms with Crippen molar-refractivity contribution in [3.8, 4) is 11.1 Å². The summed E-state index contributed by atoms with van der Waals surface area (Å²) in [5, 5.41) is 4.17. The number of rotatable bonds is 4. The van der Waals surface area contributed by atoms with Crippen molar-refractivity contribution < 1.29 is 9.13 Å². The van der Waals surface area contributed by atoms with Crippen LogP contribution in [0.25, 0.3) is 11.1 Å². The van der Waals surface area contributed by atoms with Crippen molar-refractivity contribution in [1.29, 1.82) is 0 Å². The van der Waals surface area contributed by atoms with Crippen LogP contribution in [0.2, 0.25) is 0 Å². The molecule has 168 valence electrons. The Morgan fingerprint density at radius 2 is 1.82 bits per heavy atom. The zero-order valence-electron chi connectivity index (χ0n) is 17.8. The predicted molar refractivity (Wildman–Crippen MR) is 139 cm³/mol. The number of hydrogen-bond donors (Lipinski definition) is 2. The van der Waals surface area contributed by atoms with Crippen molar-refractivity contribution in [3.05, 3.63) is 95.2 Å². The van der Waals surface area contributed by atoms with E-state index in [9.17, 15) is 4.39 Å². The molecule has 3 aromatic rings. The van der Waals surface area contributed by atoms with Gasteiger partial charge in [-0.05, 0) is 53.6 Å². The lowest BCUT2D eigenvalue weighted by atomic mass is 9.79. The van der Waals surface area contributed by atoms with E-state index in [4.69, 9.17) is 15.5 Å². The molecule has 4 nitrogen and oxygen atoms in total. The second kappa shape index (κ2) is 8.97. The third-order valence-electron chi connectivity index (χ3n) is 6.21. The third-order valence-corrected chi connectivity index (χ3v) is 7.70. The van der Waals surface area contributed by atoms with Crippen LogP contribution < -0.4 is 11.1 Å². The highest BCUT2D eigenvalue weighted by molar-refractivity contribution is 9.10. The molecule has 0 radical (unpaired) electrons. The zero-order valence-corrected chi connectivity index (χ0v) is 20.2. The molecule has 0 unspecified atom stereocenters. The van der Waals surface area contributed by atoms with E-state index in [-0.39, 0.29) is 17.8 Å². The molecule has 3 N–H and O–H groups in total. The van der Waals surface area contributed by atoms with Gasteiger partial charge < -0.3 is 15.8 Å². The summed E-state index contributed by atoms with van der Waals surface area (Å²) in [7, 11) is 0. The second-order valence-corrected chi connectivity index (χ2v) is 10.1.